The zero-order valence-corrected chi connectivity index (χ0v) is 26.1. The maximum atomic E-state index is 13.5. The van der Waals surface area contributed by atoms with Crippen molar-refractivity contribution in [2.24, 2.45) is 0 Å². The molecular formula is C31H39N7O6S. The van der Waals surface area contributed by atoms with E-state index in [0.29, 0.717) is 42.3 Å². The van der Waals surface area contributed by atoms with Gasteiger partial charge in [0.05, 0.1) is 25.5 Å². The normalized spacial score (nSPS) is 21.1. The minimum atomic E-state index is -1.39. The smallest absolute Gasteiger partial charge is 0.251 e. The Bertz CT molecular complexity index is 1430. The number of carbonyl (C=O) groups excluding carboxylic acids is 4. The lowest BCUT2D eigenvalue weighted by atomic mass is 10.0. The molecule has 4 bridgehead atoms. The number of rotatable bonds is 6. The third-order valence-corrected chi connectivity index (χ3v) is 7.80. The number of fused-ring (bicyclic) bond motifs is 16. The fourth-order valence-corrected chi connectivity index (χ4v) is 5.15. The number of nitrogens with zero attached hydrogens (tertiary/aromatic N) is 3. The van der Waals surface area contributed by atoms with Crippen LogP contribution in [0.2, 0.25) is 0 Å². The highest BCUT2D eigenvalue weighted by atomic mass is 32.2. The monoisotopic (exact) mass is 637 g/mol. The summed E-state index contributed by atoms with van der Waals surface area (Å²) in [5.74, 6) is -1.18. The Morgan fingerprint density at radius 3 is 2.44 bits per heavy atom. The first-order valence-corrected chi connectivity index (χ1v) is 16.1. The van der Waals surface area contributed by atoms with E-state index < -0.39 is 47.9 Å². The number of amides is 4. The molecule has 5 rings (SSSR count). The maximum absolute atomic E-state index is 13.5. The molecule has 0 saturated carbocycles. The largest absolute Gasteiger partial charge is 0.494 e. The molecule has 14 heteroatoms. The number of carbonyl (C=O) groups is 4. The Labute approximate surface area is 265 Å². The fraction of sp³-hybridized carbons (Fsp3) is 0.419. The zero-order chi connectivity index (χ0) is 32.2. The van der Waals surface area contributed by atoms with E-state index in [1.807, 2.05) is 36.6 Å². The SMILES string of the molecule is CSCC[C@@H]1NC(=O)c2ccc(cc2)OCCCn2cc(nn2)CNC(=O)[C@@H](Cc2ccccc2)NC(=O)[C@H]([C@@H](C)O)NC1=O. The summed E-state index contributed by atoms with van der Waals surface area (Å²) in [7, 11) is 0. The Morgan fingerprint density at radius 1 is 0.978 bits per heavy atom. The van der Waals surface area contributed by atoms with Crippen LogP contribution in [0, 0.1) is 0 Å². The van der Waals surface area contributed by atoms with Crippen LogP contribution in [0.5, 0.6) is 5.75 Å². The second-order valence-electron chi connectivity index (χ2n) is 10.7. The molecule has 13 nitrogen and oxygen atoms in total. The maximum Gasteiger partial charge on any atom is 0.251 e. The molecule has 3 heterocycles. The van der Waals surface area contributed by atoms with Crippen molar-refractivity contribution >= 4 is 35.4 Å². The van der Waals surface area contributed by atoms with Crippen molar-refractivity contribution in [1.82, 2.24) is 36.3 Å². The predicted octanol–water partition coefficient (Wildman–Crippen LogP) is 0.822. The van der Waals surface area contributed by atoms with Gasteiger partial charge in [0.25, 0.3) is 5.91 Å². The lowest BCUT2D eigenvalue weighted by molar-refractivity contribution is -0.134. The molecule has 3 aromatic rings. The molecule has 2 aliphatic rings. The highest BCUT2D eigenvalue weighted by molar-refractivity contribution is 7.98. The standard InChI is InChI=1S/C31H39N7O6S/c1-20(39)27-31(43)34-26(17-21-7-4-3-5-8-21)29(41)32-18-23-19-38(37-36-23)14-6-15-44-24-11-9-22(10-12-24)28(40)33-25(13-16-45-2)30(42)35-27/h3-5,7-12,19-20,25-27,39H,6,13-18H2,1-2H3,(H,32,41)(H,33,40)(H,34,43)(H,35,42)/t20-,25+,26-,27+/m1/s1. The minimum absolute atomic E-state index is 0.0796. The van der Waals surface area contributed by atoms with Crippen LogP contribution in [0.15, 0.2) is 60.8 Å². The number of benzene rings is 2. The van der Waals surface area contributed by atoms with Gasteiger partial charge in [-0.05, 0) is 55.2 Å². The van der Waals surface area contributed by atoms with Crippen molar-refractivity contribution in [3.05, 3.63) is 77.6 Å². The van der Waals surface area contributed by atoms with Gasteiger partial charge in [0.1, 0.15) is 29.6 Å². The van der Waals surface area contributed by atoms with Gasteiger partial charge < -0.3 is 31.1 Å². The van der Waals surface area contributed by atoms with Gasteiger partial charge in [-0.15, -0.1) is 5.10 Å². The Morgan fingerprint density at radius 2 is 1.73 bits per heavy atom. The van der Waals surface area contributed by atoms with Crippen LogP contribution < -0.4 is 26.0 Å². The molecule has 5 N–H and O–H groups in total. The second kappa shape index (κ2) is 16.6. The highest BCUT2D eigenvalue weighted by Crippen LogP contribution is 2.14. The first-order chi connectivity index (χ1) is 21.7. The molecule has 4 atom stereocenters. The summed E-state index contributed by atoms with van der Waals surface area (Å²) >= 11 is 1.50. The summed E-state index contributed by atoms with van der Waals surface area (Å²) < 4.78 is 7.45. The molecule has 2 aliphatic heterocycles. The first-order valence-electron chi connectivity index (χ1n) is 14.8. The number of thioether (sulfide) groups is 1. The Kier molecular flexibility index (Phi) is 12.3. The topological polar surface area (TPSA) is 177 Å². The quantitative estimate of drug-likeness (QED) is 0.245. The number of nitrogens with one attached hydrogen (secondary N) is 4. The van der Waals surface area contributed by atoms with Gasteiger partial charge >= 0.3 is 0 Å². The van der Waals surface area contributed by atoms with E-state index in [2.05, 4.69) is 31.6 Å². The van der Waals surface area contributed by atoms with Gasteiger partial charge in [-0.3, -0.25) is 23.9 Å². The van der Waals surface area contributed by atoms with E-state index in [0.717, 1.165) is 5.56 Å². The lowest BCUT2D eigenvalue weighted by Crippen LogP contribution is -2.60. The van der Waals surface area contributed by atoms with E-state index >= 15 is 0 Å². The summed E-state index contributed by atoms with van der Waals surface area (Å²) in [6, 6.07) is 12.3. The Hall–Kier alpha value is -4.43. The van der Waals surface area contributed by atoms with E-state index in [1.54, 1.807) is 35.1 Å². The second-order valence-corrected chi connectivity index (χ2v) is 11.7. The van der Waals surface area contributed by atoms with Gasteiger partial charge in [-0.25, -0.2) is 0 Å². The van der Waals surface area contributed by atoms with Gasteiger partial charge in [-0.1, -0.05) is 35.5 Å². The molecule has 0 fully saturated rings. The number of hydrogen-bond acceptors (Lipinski definition) is 9. The van der Waals surface area contributed by atoms with Gasteiger partial charge in [-0.2, -0.15) is 11.8 Å². The van der Waals surface area contributed by atoms with E-state index in [-0.39, 0.29) is 19.4 Å². The van der Waals surface area contributed by atoms with Gasteiger partial charge in [0.15, 0.2) is 0 Å². The van der Waals surface area contributed by atoms with E-state index in [9.17, 15) is 24.3 Å². The average molecular weight is 638 g/mol. The molecule has 0 spiro atoms. The predicted molar refractivity (Wildman–Crippen MR) is 168 cm³/mol. The molecule has 4 amide bonds. The van der Waals surface area contributed by atoms with Crippen molar-refractivity contribution in [2.75, 3.05) is 18.6 Å². The molecule has 1 aromatic heterocycles. The van der Waals surface area contributed by atoms with E-state index in [1.165, 1.54) is 18.7 Å². The minimum Gasteiger partial charge on any atom is -0.494 e. The van der Waals surface area contributed by atoms with Crippen molar-refractivity contribution in [1.29, 1.82) is 0 Å². The molecule has 45 heavy (non-hydrogen) atoms. The van der Waals surface area contributed by atoms with Crippen LogP contribution in [0.25, 0.3) is 0 Å². The zero-order valence-electron chi connectivity index (χ0n) is 25.3. The molecule has 0 radical (unpaired) electrons. The average Bonchev–Trinajstić information content (AvgIpc) is 3.50. The number of aliphatic hydroxyl groups excluding tert-OH is 1. The summed E-state index contributed by atoms with van der Waals surface area (Å²) in [5, 5.41) is 29.6. The molecule has 0 saturated heterocycles. The first kappa shape index (κ1) is 33.5. The van der Waals surface area contributed by atoms with Crippen LogP contribution in [0.1, 0.15) is 41.4 Å². The van der Waals surface area contributed by atoms with Crippen LogP contribution in [-0.4, -0.2) is 86.6 Å². The molecular weight excluding hydrogens is 598 g/mol. The fourth-order valence-electron chi connectivity index (χ4n) is 4.67. The van der Waals surface area contributed by atoms with Crippen LogP contribution >= 0.6 is 11.8 Å². The molecule has 2 aromatic carbocycles. The number of aryl methyl sites for hydroxylation is 1. The summed E-state index contributed by atoms with van der Waals surface area (Å²) in [6.07, 6.45) is 3.39. The van der Waals surface area contributed by atoms with Crippen LogP contribution in [0.3, 0.4) is 0 Å². The third-order valence-electron chi connectivity index (χ3n) is 7.16. The number of aliphatic hydroxyl groups is 1. The summed E-state index contributed by atoms with van der Waals surface area (Å²) in [5.41, 5.74) is 1.66. The van der Waals surface area contributed by atoms with Crippen molar-refractivity contribution < 1.29 is 29.0 Å². The Balaban J connectivity index is 1.60. The van der Waals surface area contributed by atoms with Crippen molar-refractivity contribution in [2.45, 2.75) is 63.5 Å². The van der Waals surface area contributed by atoms with Gasteiger partial charge in [0, 0.05) is 24.9 Å². The highest BCUT2D eigenvalue weighted by Gasteiger charge is 2.32. The summed E-state index contributed by atoms with van der Waals surface area (Å²) in [6.45, 7) is 2.38. The molecule has 0 unspecified atom stereocenters. The number of aromatic nitrogens is 3. The van der Waals surface area contributed by atoms with Gasteiger partial charge in [0.2, 0.25) is 17.7 Å². The molecule has 0 aliphatic carbocycles. The summed E-state index contributed by atoms with van der Waals surface area (Å²) in [4.78, 5) is 53.4. The lowest BCUT2D eigenvalue weighted by Gasteiger charge is -2.27. The van der Waals surface area contributed by atoms with Crippen molar-refractivity contribution in [3.8, 4) is 5.75 Å². The van der Waals surface area contributed by atoms with Crippen LogP contribution in [-0.2, 0) is 33.9 Å². The third kappa shape index (κ3) is 10.0. The molecule has 240 valence electrons. The number of ether oxygens (including phenoxy) is 1. The van der Waals surface area contributed by atoms with Crippen LogP contribution in [0.4, 0.5) is 0 Å². The van der Waals surface area contributed by atoms with Crippen molar-refractivity contribution in [3.63, 3.8) is 0 Å². The van der Waals surface area contributed by atoms with E-state index in [4.69, 9.17) is 4.74 Å². The number of hydrogen-bond donors (Lipinski definition) is 5.